The molecule has 0 saturated heterocycles. The first kappa shape index (κ1) is 18.0. The molecule has 5 nitrogen and oxygen atoms in total. The Balaban J connectivity index is 2.92. The molecule has 0 bridgehead atoms. The minimum Gasteiger partial charge on any atom is -0.497 e. The van der Waals surface area contributed by atoms with Crippen LogP contribution in [-0.2, 0) is 0 Å². The molecule has 0 atom stereocenters. The zero-order chi connectivity index (χ0) is 17.0. The molecule has 22 heavy (non-hydrogen) atoms. The minimum atomic E-state index is -0.291. The molecule has 0 unspecified atom stereocenters. The van der Waals surface area contributed by atoms with E-state index in [1.807, 2.05) is 41.5 Å². The number of hydrogen-bond donors (Lipinski definition) is 2. The van der Waals surface area contributed by atoms with Gasteiger partial charge in [0, 0.05) is 11.1 Å². The Morgan fingerprint density at radius 3 is 2.00 bits per heavy atom. The van der Waals surface area contributed by atoms with Gasteiger partial charge >= 0.3 is 0 Å². The molecule has 1 aromatic rings. The Kier molecular flexibility index (Phi) is 5.58. The third-order valence-electron chi connectivity index (χ3n) is 2.52. The highest BCUT2D eigenvalue weighted by atomic mass is 16.5. The van der Waals surface area contributed by atoms with E-state index in [4.69, 9.17) is 4.74 Å². The zero-order valence-corrected chi connectivity index (χ0v) is 14.6. The molecular formula is C17H27N3O2. The van der Waals surface area contributed by atoms with Crippen molar-refractivity contribution in [1.82, 2.24) is 10.6 Å². The van der Waals surface area contributed by atoms with Crippen molar-refractivity contribution < 1.29 is 9.53 Å². The molecule has 1 aromatic carbocycles. The van der Waals surface area contributed by atoms with Gasteiger partial charge in [-0.3, -0.25) is 10.1 Å². The van der Waals surface area contributed by atoms with Crippen LogP contribution in [0.4, 0.5) is 0 Å². The van der Waals surface area contributed by atoms with Crippen LogP contribution in [0.1, 0.15) is 51.9 Å². The van der Waals surface area contributed by atoms with Gasteiger partial charge in [0.1, 0.15) is 5.75 Å². The number of methoxy groups -OCH3 is 1. The van der Waals surface area contributed by atoms with Gasteiger partial charge in [0.2, 0.25) is 0 Å². The van der Waals surface area contributed by atoms with Gasteiger partial charge in [-0.25, -0.2) is 4.99 Å². The molecule has 2 N–H and O–H groups in total. The van der Waals surface area contributed by atoms with E-state index in [9.17, 15) is 4.79 Å². The molecule has 1 amide bonds. The molecule has 0 aliphatic rings. The number of guanidine groups is 1. The van der Waals surface area contributed by atoms with E-state index in [0.717, 1.165) is 0 Å². The highest BCUT2D eigenvalue weighted by Gasteiger charge is 2.18. The second-order valence-corrected chi connectivity index (χ2v) is 7.19. The number of benzene rings is 1. The number of carbonyl (C=O) groups is 1. The third kappa shape index (κ3) is 6.61. The normalized spacial score (nSPS) is 12.8. The summed E-state index contributed by atoms with van der Waals surface area (Å²) in [6.07, 6.45) is 0. The topological polar surface area (TPSA) is 62.7 Å². The number of rotatable bonds is 2. The Bertz CT molecular complexity index is 535. The van der Waals surface area contributed by atoms with Gasteiger partial charge in [-0.15, -0.1) is 0 Å². The van der Waals surface area contributed by atoms with Gasteiger partial charge < -0.3 is 10.1 Å². The van der Waals surface area contributed by atoms with Crippen LogP contribution in [0.25, 0.3) is 0 Å². The van der Waals surface area contributed by atoms with Crippen LogP contribution in [0, 0.1) is 0 Å². The number of amides is 1. The van der Waals surface area contributed by atoms with E-state index in [0.29, 0.717) is 17.3 Å². The quantitative estimate of drug-likeness (QED) is 0.652. The average Bonchev–Trinajstić information content (AvgIpc) is 2.34. The van der Waals surface area contributed by atoms with Crippen molar-refractivity contribution in [2.75, 3.05) is 7.11 Å². The van der Waals surface area contributed by atoms with Crippen LogP contribution in [0.15, 0.2) is 29.3 Å². The van der Waals surface area contributed by atoms with Crippen LogP contribution < -0.4 is 15.4 Å². The van der Waals surface area contributed by atoms with Gasteiger partial charge in [-0.2, -0.15) is 0 Å². The third-order valence-corrected chi connectivity index (χ3v) is 2.52. The second kappa shape index (κ2) is 6.81. The number of nitrogens with one attached hydrogen (secondary N) is 2. The molecule has 122 valence electrons. The molecule has 1 rings (SSSR count). The van der Waals surface area contributed by atoms with E-state index >= 15 is 0 Å². The summed E-state index contributed by atoms with van der Waals surface area (Å²) < 4.78 is 5.09. The lowest BCUT2D eigenvalue weighted by Gasteiger charge is -2.26. The molecule has 0 aliphatic carbocycles. The lowest BCUT2D eigenvalue weighted by molar-refractivity contribution is 0.0975. The molecule has 0 saturated carbocycles. The smallest absolute Gasteiger partial charge is 0.257 e. The van der Waals surface area contributed by atoms with Crippen LogP contribution in [0.5, 0.6) is 5.75 Å². The first-order chi connectivity index (χ1) is 10.00. The molecule has 5 heteroatoms. The van der Waals surface area contributed by atoms with Crippen LogP contribution in [0.2, 0.25) is 0 Å². The summed E-state index contributed by atoms with van der Waals surface area (Å²) in [6.45, 7) is 12.0. The van der Waals surface area contributed by atoms with Crippen molar-refractivity contribution in [3.63, 3.8) is 0 Å². The SMILES string of the molecule is COc1ccc(C(=O)NC(=NC(C)(C)C)NC(C)(C)C)cc1. The van der Waals surface area contributed by atoms with E-state index in [1.54, 1.807) is 31.4 Å². The first-order valence-corrected chi connectivity index (χ1v) is 7.34. The number of hydrogen-bond acceptors (Lipinski definition) is 3. The van der Waals surface area contributed by atoms with E-state index in [-0.39, 0.29) is 17.0 Å². The molecule has 0 heterocycles. The average molecular weight is 305 g/mol. The van der Waals surface area contributed by atoms with Crippen molar-refractivity contribution in [2.24, 2.45) is 4.99 Å². The number of ether oxygens (including phenoxy) is 1. The Morgan fingerprint density at radius 1 is 1.05 bits per heavy atom. The van der Waals surface area contributed by atoms with Crippen molar-refractivity contribution in [2.45, 2.75) is 52.6 Å². The van der Waals surface area contributed by atoms with Crippen LogP contribution in [-0.4, -0.2) is 30.1 Å². The summed E-state index contributed by atoms with van der Waals surface area (Å²) in [5.74, 6) is 0.983. The minimum absolute atomic E-state index is 0.197. The van der Waals surface area contributed by atoms with Crippen molar-refractivity contribution in [3.8, 4) is 5.75 Å². The van der Waals surface area contributed by atoms with Gasteiger partial charge in [0.05, 0.1) is 12.6 Å². The fraction of sp³-hybridized carbons (Fsp3) is 0.529. The number of nitrogens with zero attached hydrogens (tertiary/aromatic N) is 1. The maximum atomic E-state index is 12.4. The van der Waals surface area contributed by atoms with Gasteiger partial charge in [0.25, 0.3) is 5.91 Å². The largest absolute Gasteiger partial charge is 0.497 e. The fourth-order valence-electron chi connectivity index (χ4n) is 1.70. The van der Waals surface area contributed by atoms with Crippen molar-refractivity contribution in [1.29, 1.82) is 0 Å². The summed E-state index contributed by atoms with van der Waals surface area (Å²) in [7, 11) is 1.59. The predicted molar refractivity (Wildman–Crippen MR) is 90.5 cm³/mol. The molecule has 0 radical (unpaired) electrons. The van der Waals surface area contributed by atoms with Gasteiger partial charge in [-0.05, 0) is 65.8 Å². The number of aliphatic imine (C=N–C) groups is 1. The van der Waals surface area contributed by atoms with E-state index in [2.05, 4.69) is 15.6 Å². The van der Waals surface area contributed by atoms with E-state index < -0.39 is 0 Å². The maximum Gasteiger partial charge on any atom is 0.257 e. The van der Waals surface area contributed by atoms with Gasteiger partial charge in [0.15, 0.2) is 5.96 Å². The van der Waals surface area contributed by atoms with Crippen LogP contribution in [0.3, 0.4) is 0 Å². The summed E-state index contributed by atoms with van der Waals surface area (Å²) in [4.78, 5) is 16.9. The lowest BCUT2D eigenvalue weighted by atomic mass is 10.1. The lowest BCUT2D eigenvalue weighted by Crippen LogP contribution is -2.50. The Labute approximate surface area is 133 Å². The molecular weight excluding hydrogens is 278 g/mol. The number of carbonyl (C=O) groups excluding carboxylic acids is 1. The standard InChI is InChI=1S/C17H27N3O2/c1-16(2,3)19-15(20-17(4,5)6)18-14(21)12-8-10-13(22-7)11-9-12/h8-11H,1-7H3,(H2,18,19,20,21). The predicted octanol–water partition coefficient (Wildman–Crippen LogP) is 2.97. The molecule has 0 fully saturated rings. The fourth-order valence-corrected chi connectivity index (χ4v) is 1.70. The summed E-state index contributed by atoms with van der Waals surface area (Å²) in [6, 6.07) is 6.96. The molecule has 0 aliphatic heterocycles. The first-order valence-electron chi connectivity index (χ1n) is 7.34. The zero-order valence-electron chi connectivity index (χ0n) is 14.6. The highest BCUT2D eigenvalue weighted by molar-refractivity contribution is 6.06. The highest BCUT2D eigenvalue weighted by Crippen LogP contribution is 2.12. The molecule has 0 spiro atoms. The maximum absolute atomic E-state index is 12.4. The summed E-state index contributed by atoms with van der Waals surface area (Å²) in [5, 5.41) is 6.07. The van der Waals surface area contributed by atoms with Crippen molar-refractivity contribution >= 4 is 11.9 Å². The van der Waals surface area contributed by atoms with Gasteiger partial charge in [-0.1, -0.05) is 0 Å². The Morgan fingerprint density at radius 2 is 1.59 bits per heavy atom. The summed E-state index contributed by atoms with van der Waals surface area (Å²) >= 11 is 0. The van der Waals surface area contributed by atoms with Crippen molar-refractivity contribution in [3.05, 3.63) is 29.8 Å². The van der Waals surface area contributed by atoms with E-state index in [1.165, 1.54) is 0 Å². The molecule has 0 aromatic heterocycles. The summed E-state index contributed by atoms with van der Waals surface area (Å²) in [5.41, 5.74) is 0.0658. The second-order valence-electron chi connectivity index (χ2n) is 7.19. The Hall–Kier alpha value is -2.04. The monoisotopic (exact) mass is 305 g/mol. The van der Waals surface area contributed by atoms with Crippen LogP contribution >= 0.6 is 0 Å².